The molecule has 0 amide bonds. The monoisotopic (exact) mass is 370 g/mol. The zero-order valence-corrected chi connectivity index (χ0v) is 13.7. The fourth-order valence-electron chi connectivity index (χ4n) is 1.82. The van der Waals surface area contributed by atoms with Crippen molar-refractivity contribution < 1.29 is 13.2 Å². The normalized spacial score (nSPS) is 11.2. The number of halogens is 1. The van der Waals surface area contributed by atoms with E-state index < -0.39 is 10.0 Å². The van der Waals surface area contributed by atoms with Crippen LogP contribution in [0.25, 0.3) is 0 Å². The first-order valence-electron chi connectivity index (χ1n) is 6.11. The summed E-state index contributed by atoms with van der Waals surface area (Å²) in [6, 6.07) is 11.7. The number of benzene rings is 2. The molecule has 0 fully saturated rings. The number of ether oxygens (including phenoxy) is 1. The van der Waals surface area contributed by atoms with Crippen molar-refractivity contribution in [3.8, 4) is 5.75 Å². The van der Waals surface area contributed by atoms with Crippen LogP contribution in [0.3, 0.4) is 0 Å². The van der Waals surface area contributed by atoms with Crippen molar-refractivity contribution in [2.75, 3.05) is 11.8 Å². The van der Waals surface area contributed by atoms with Crippen LogP contribution in [0.5, 0.6) is 5.75 Å². The van der Waals surface area contributed by atoms with Gasteiger partial charge in [0.05, 0.1) is 7.11 Å². The highest BCUT2D eigenvalue weighted by molar-refractivity contribution is 9.10. The minimum absolute atomic E-state index is 0.0715. The first-order chi connectivity index (χ1) is 9.96. The van der Waals surface area contributed by atoms with E-state index in [4.69, 9.17) is 10.5 Å². The van der Waals surface area contributed by atoms with Crippen molar-refractivity contribution in [3.05, 3.63) is 52.5 Å². The molecule has 2 rings (SSSR count). The number of methoxy groups -OCH3 is 1. The number of nitrogens with two attached hydrogens (primary N) is 1. The van der Waals surface area contributed by atoms with Gasteiger partial charge in [0.2, 0.25) is 0 Å². The molecule has 0 aliphatic rings. The van der Waals surface area contributed by atoms with Gasteiger partial charge in [0.25, 0.3) is 10.0 Å². The highest BCUT2D eigenvalue weighted by Crippen LogP contribution is 2.27. The third kappa shape index (κ3) is 3.75. The van der Waals surface area contributed by atoms with Crippen LogP contribution >= 0.6 is 15.9 Å². The van der Waals surface area contributed by atoms with Crippen LogP contribution in [-0.4, -0.2) is 15.5 Å². The van der Waals surface area contributed by atoms with E-state index in [0.717, 1.165) is 10.0 Å². The Bertz CT molecular complexity index is 748. The van der Waals surface area contributed by atoms with Crippen LogP contribution < -0.4 is 15.2 Å². The number of rotatable bonds is 5. The Morgan fingerprint density at radius 1 is 1.24 bits per heavy atom. The average molecular weight is 371 g/mol. The summed E-state index contributed by atoms with van der Waals surface area (Å²) in [5, 5.41) is 0. The van der Waals surface area contributed by atoms with Gasteiger partial charge in [-0.2, -0.15) is 0 Å². The summed E-state index contributed by atoms with van der Waals surface area (Å²) in [5.41, 5.74) is 6.81. The molecule has 0 atom stereocenters. The molecule has 0 unspecified atom stereocenters. The van der Waals surface area contributed by atoms with Gasteiger partial charge < -0.3 is 10.5 Å². The van der Waals surface area contributed by atoms with Gasteiger partial charge in [-0.05, 0) is 35.9 Å². The lowest BCUT2D eigenvalue weighted by molar-refractivity contribution is 0.402. The third-order valence-corrected chi connectivity index (χ3v) is 4.74. The van der Waals surface area contributed by atoms with Gasteiger partial charge in [0.1, 0.15) is 10.6 Å². The second kappa shape index (κ2) is 6.46. The molecule has 7 heteroatoms. The van der Waals surface area contributed by atoms with Crippen LogP contribution in [0, 0.1) is 0 Å². The van der Waals surface area contributed by atoms with Crippen molar-refractivity contribution in [1.29, 1.82) is 0 Å². The summed E-state index contributed by atoms with van der Waals surface area (Å²) in [6.45, 7) is 0.315. The Kier molecular flexibility index (Phi) is 4.87. The zero-order chi connectivity index (χ0) is 15.5. The minimum Gasteiger partial charge on any atom is -0.495 e. The standard InChI is InChI=1S/C14H15BrN2O3S/c1-20-13-7-10(9-16)5-6-14(13)21(18,19)17-12-4-2-3-11(15)8-12/h2-8,17H,9,16H2,1H3. The lowest BCUT2D eigenvalue weighted by Crippen LogP contribution is -2.14. The number of hydrogen-bond acceptors (Lipinski definition) is 4. The molecule has 2 aromatic carbocycles. The Morgan fingerprint density at radius 3 is 2.62 bits per heavy atom. The number of hydrogen-bond donors (Lipinski definition) is 2. The molecule has 112 valence electrons. The molecule has 0 saturated heterocycles. The van der Waals surface area contributed by atoms with Gasteiger partial charge in [-0.25, -0.2) is 8.42 Å². The minimum atomic E-state index is -3.73. The molecule has 0 aromatic heterocycles. The first kappa shape index (κ1) is 15.8. The SMILES string of the molecule is COc1cc(CN)ccc1S(=O)(=O)Nc1cccc(Br)c1. The molecule has 2 aromatic rings. The third-order valence-electron chi connectivity index (χ3n) is 2.83. The van der Waals surface area contributed by atoms with Gasteiger partial charge in [-0.15, -0.1) is 0 Å². The van der Waals surface area contributed by atoms with Crippen LogP contribution in [0.2, 0.25) is 0 Å². The number of nitrogens with one attached hydrogen (secondary N) is 1. The molecule has 0 heterocycles. The van der Waals surface area contributed by atoms with E-state index in [1.807, 2.05) is 6.07 Å². The van der Waals surface area contributed by atoms with Crippen molar-refractivity contribution in [3.63, 3.8) is 0 Å². The van der Waals surface area contributed by atoms with Crippen molar-refractivity contribution in [2.45, 2.75) is 11.4 Å². The van der Waals surface area contributed by atoms with Crippen LogP contribution in [0.15, 0.2) is 51.8 Å². The fourth-order valence-corrected chi connectivity index (χ4v) is 3.42. The molecule has 0 saturated carbocycles. The average Bonchev–Trinajstić information content (AvgIpc) is 2.46. The lowest BCUT2D eigenvalue weighted by Gasteiger charge is -2.12. The largest absolute Gasteiger partial charge is 0.495 e. The Hall–Kier alpha value is -1.57. The summed E-state index contributed by atoms with van der Waals surface area (Å²) >= 11 is 3.30. The van der Waals surface area contributed by atoms with E-state index >= 15 is 0 Å². The van der Waals surface area contributed by atoms with Gasteiger partial charge in [-0.3, -0.25) is 4.72 Å². The fraction of sp³-hybridized carbons (Fsp3) is 0.143. The quantitative estimate of drug-likeness (QED) is 0.847. The maximum Gasteiger partial charge on any atom is 0.265 e. The molecule has 0 spiro atoms. The molecular formula is C14H15BrN2O3S. The smallest absolute Gasteiger partial charge is 0.265 e. The molecule has 0 bridgehead atoms. The highest BCUT2D eigenvalue weighted by Gasteiger charge is 2.20. The van der Waals surface area contributed by atoms with E-state index in [1.165, 1.54) is 13.2 Å². The first-order valence-corrected chi connectivity index (χ1v) is 8.39. The van der Waals surface area contributed by atoms with Gasteiger partial charge in [0.15, 0.2) is 0 Å². The predicted octanol–water partition coefficient (Wildman–Crippen LogP) is 2.72. The van der Waals surface area contributed by atoms with E-state index in [9.17, 15) is 8.42 Å². The van der Waals surface area contributed by atoms with Crippen molar-refractivity contribution in [1.82, 2.24) is 0 Å². The molecule has 0 aliphatic carbocycles. The summed E-state index contributed by atoms with van der Waals surface area (Å²) in [5.74, 6) is 0.264. The van der Waals surface area contributed by atoms with Crippen LogP contribution in [0.1, 0.15) is 5.56 Å². The maximum absolute atomic E-state index is 12.5. The summed E-state index contributed by atoms with van der Waals surface area (Å²) in [7, 11) is -2.31. The Labute approximate surface area is 132 Å². The van der Waals surface area contributed by atoms with E-state index in [1.54, 1.807) is 30.3 Å². The topological polar surface area (TPSA) is 81.4 Å². The summed E-state index contributed by atoms with van der Waals surface area (Å²) < 4.78 is 33.4. The van der Waals surface area contributed by atoms with Crippen LogP contribution in [0.4, 0.5) is 5.69 Å². The lowest BCUT2D eigenvalue weighted by atomic mass is 10.2. The molecular weight excluding hydrogens is 356 g/mol. The van der Waals surface area contributed by atoms with E-state index in [-0.39, 0.29) is 10.6 Å². The summed E-state index contributed by atoms with van der Waals surface area (Å²) in [6.07, 6.45) is 0. The number of anilines is 1. The predicted molar refractivity (Wildman–Crippen MR) is 85.8 cm³/mol. The Morgan fingerprint density at radius 2 is 2.00 bits per heavy atom. The van der Waals surface area contributed by atoms with Gasteiger partial charge in [0, 0.05) is 16.7 Å². The van der Waals surface area contributed by atoms with Gasteiger partial charge >= 0.3 is 0 Å². The van der Waals surface area contributed by atoms with E-state index in [2.05, 4.69) is 20.7 Å². The van der Waals surface area contributed by atoms with Crippen molar-refractivity contribution in [2.24, 2.45) is 5.73 Å². The van der Waals surface area contributed by atoms with Gasteiger partial charge in [-0.1, -0.05) is 28.1 Å². The second-order valence-electron chi connectivity index (χ2n) is 4.31. The number of sulfonamides is 1. The highest BCUT2D eigenvalue weighted by atomic mass is 79.9. The second-order valence-corrected chi connectivity index (χ2v) is 6.87. The zero-order valence-electron chi connectivity index (χ0n) is 11.3. The molecule has 0 radical (unpaired) electrons. The summed E-state index contributed by atoms with van der Waals surface area (Å²) in [4.78, 5) is 0.0715. The molecule has 5 nitrogen and oxygen atoms in total. The molecule has 3 N–H and O–H groups in total. The molecule has 0 aliphatic heterocycles. The van der Waals surface area contributed by atoms with Crippen molar-refractivity contribution >= 4 is 31.6 Å². The molecule has 21 heavy (non-hydrogen) atoms. The van der Waals surface area contributed by atoms with E-state index in [0.29, 0.717) is 12.2 Å². The Balaban J connectivity index is 2.40. The van der Waals surface area contributed by atoms with Crippen LogP contribution in [-0.2, 0) is 16.6 Å². The maximum atomic E-state index is 12.5.